The summed E-state index contributed by atoms with van der Waals surface area (Å²) in [6.07, 6.45) is 6.92. The molecule has 0 saturated carbocycles. The number of pyridine rings is 1. The second kappa shape index (κ2) is 7.49. The molecule has 1 aliphatic heterocycles. The van der Waals surface area contributed by atoms with Crippen molar-refractivity contribution in [3.05, 3.63) is 24.4 Å². The zero-order chi connectivity index (χ0) is 13.5. The third kappa shape index (κ3) is 4.20. The fourth-order valence-electron chi connectivity index (χ4n) is 2.76. The molecular formula is C16H27N3. The first kappa shape index (κ1) is 14.3. The SMILES string of the molecule is CCC(CC)CNC1CCN(c2ccccn2)CC1. The number of anilines is 1. The molecule has 0 amide bonds. The summed E-state index contributed by atoms with van der Waals surface area (Å²) < 4.78 is 0. The Morgan fingerprint density at radius 2 is 2.00 bits per heavy atom. The van der Waals surface area contributed by atoms with Gasteiger partial charge in [-0.2, -0.15) is 0 Å². The Kier molecular flexibility index (Phi) is 5.64. The normalized spacial score (nSPS) is 17.1. The van der Waals surface area contributed by atoms with Crippen molar-refractivity contribution in [2.24, 2.45) is 5.92 Å². The van der Waals surface area contributed by atoms with E-state index in [1.807, 2.05) is 12.3 Å². The van der Waals surface area contributed by atoms with E-state index in [0.29, 0.717) is 6.04 Å². The van der Waals surface area contributed by atoms with Crippen LogP contribution in [0, 0.1) is 5.92 Å². The summed E-state index contributed by atoms with van der Waals surface area (Å²) in [7, 11) is 0. The summed E-state index contributed by atoms with van der Waals surface area (Å²) >= 11 is 0. The van der Waals surface area contributed by atoms with Crippen molar-refractivity contribution in [1.29, 1.82) is 0 Å². The van der Waals surface area contributed by atoms with Gasteiger partial charge in [0.2, 0.25) is 0 Å². The van der Waals surface area contributed by atoms with E-state index in [9.17, 15) is 0 Å². The Balaban J connectivity index is 1.74. The smallest absolute Gasteiger partial charge is 0.128 e. The molecule has 19 heavy (non-hydrogen) atoms. The van der Waals surface area contributed by atoms with Crippen LogP contribution in [-0.4, -0.2) is 30.7 Å². The highest BCUT2D eigenvalue weighted by atomic mass is 15.2. The lowest BCUT2D eigenvalue weighted by Gasteiger charge is -2.33. The molecule has 1 aliphatic rings. The monoisotopic (exact) mass is 261 g/mol. The number of aromatic nitrogens is 1. The maximum Gasteiger partial charge on any atom is 0.128 e. The summed E-state index contributed by atoms with van der Waals surface area (Å²) in [5.74, 6) is 1.97. The number of rotatable bonds is 6. The maximum atomic E-state index is 4.43. The average molecular weight is 261 g/mol. The molecule has 0 unspecified atom stereocenters. The number of hydrogen-bond donors (Lipinski definition) is 1. The largest absolute Gasteiger partial charge is 0.357 e. The highest BCUT2D eigenvalue weighted by Crippen LogP contribution is 2.17. The molecule has 0 bridgehead atoms. The molecule has 2 rings (SSSR count). The quantitative estimate of drug-likeness (QED) is 0.853. The van der Waals surface area contributed by atoms with Crippen LogP contribution in [0.15, 0.2) is 24.4 Å². The fraction of sp³-hybridized carbons (Fsp3) is 0.688. The minimum atomic E-state index is 0.695. The first-order valence-electron chi connectivity index (χ1n) is 7.72. The third-order valence-electron chi connectivity index (χ3n) is 4.32. The van der Waals surface area contributed by atoms with Gasteiger partial charge >= 0.3 is 0 Å². The molecule has 0 atom stereocenters. The van der Waals surface area contributed by atoms with Gasteiger partial charge in [0.05, 0.1) is 0 Å². The van der Waals surface area contributed by atoms with Crippen LogP contribution in [0.4, 0.5) is 5.82 Å². The average Bonchev–Trinajstić information content (AvgIpc) is 2.50. The topological polar surface area (TPSA) is 28.2 Å². The number of nitrogens with one attached hydrogen (secondary N) is 1. The van der Waals surface area contributed by atoms with Crippen LogP contribution in [-0.2, 0) is 0 Å². The van der Waals surface area contributed by atoms with Gasteiger partial charge in [0, 0.05) is 25.3 Å². The van der Waals surface area contributed by atoms with Crippen molar-refractivity contribution < 1.29 is 0 Å². The van der Waals surface area contributed by atoms with Crippen LogP contribution in [0.3, 0.4) is 0 Å². The minimum Gasteiger partial charge on any atom is -0.357 e. The van der Waals surface area contributed by atoms with E-state index in [1.54, 1.807) is 0 Å². The van der Waals surface area contributed by atoms with Crippen LogP contribution in [0.1, 0.15) is 39.5 Å². The van der Waals surface area contributed by atoms with Gasteiger partial charge in [-0.25, -0.2) is 4.98 Å². The highest BCUT2D eigenvalue weighted by Gasteiger charge is 2.20. The van der Waals surface area contributed by atoms with Gasteiger partial charge in [0.25, 0.3) is 0 Å². The van der Waals surface area contributed by atoms with Crippen LogP contribution >= 0.6 is 0 Å². The molecular weight excluding hydrogens is 234 g/mol. The Labute approximate surface area is 117 Å². The predicted octanol–water partition coefficient (Wildman–Crippen LogP) is 3.08. The lowest BCUT2D eigenvalue weighted by Crippen LogP contribution is -2.44. The first-order chi connectivity index (χ1) is 9.33. The zero-order valence-electron chi connectivity index (χ0n) is 12.3. The minimum absolute atomic E-state index is 0.695. The van der Waals surface area contributed by atoms with Gasteiger partial charge in [-0.1, -0.05) is 32.8 Å². The first-order valence-corrected chi connectivity index (χ1v) is 7.72. The van der Waals surface area contributed by atoms with Crippen LogP contribution < -0.4 is 10.2 Å². The Hall–Kier alpha value is -1.09. The Morgan fingerprint density at radius 3 is 2.58 bits per heavy atom. The summed E-state index contributed by atoms with van der Waals surface area (Å²) in [5.41, 5.74) is 0. The van der Waals surface area contributed by atoms with Gasteiger partial charge < -0.3 is 10.2 Å². The van der Waals surface area contributed by atoms with Crippen molar-refractivity contribution in [1.82, 2.24) is 10.3 Å². The fourth-order valence-corrected chi connectivity index (χ4v) is 2.76. The molecule has 1 saturated heterocycles. The Morgan fingerprint density at radius 1 is 1.26 bits per heavy atom. The molecule has 106 valence electrons. The van der Waals surface area contributed by atoms with E-state index >= 15 is 0 Å². The number of piperidine rings is 1. The van der Waals surface area contributed by atoms with Gasteiger partial charge in [-0.15, -0.1) is 0 Å². The van der Waals surface area contributed by atoms with Crippen LogP contribution in [0.25, 0.3) is 0 Å². The van der Waals surface area contributed by atoms with E-state index < -0.39 is 0 Å². The molecule has 3 nitrogen and oxygen atoms in total. The van der Waals surface area contributed by atoms with Crippen molar-refractivity contribution in [3.8, 4) is 0 Å². The van der Waals surface area contributed by atoms with E-state index in [0.717, 1.165) is 24.8 Å². The summed E-state index contributed by atoms with van der Waals surface area (Å²) in [5, 5.41) is 3.75. The molecule has 1 N–H and O–H groups in total. The van der Waals surface area contributed by atoms with Crippen LogP contribution in [0.5, 0.6) is 0 Å². The number of nitrogens with zero attached hydrogens (tertiary/aromatic N) is 2. The van der Waals surface area contributed by atoms with Crippen molar-refractivity contribution >= 4 is 5.82 Å². The lowest BCUT2D eigenvalue weighted by molar-refractivity contribution is 0.364. The molecule has 3 heteroatoms. The van der Waals surface area contributed by atoms with Gasteiger partial charge in [0.1, 0.15) is 5.82 Å². The van der Waals surface area contributed by atoms with Crippen molar-refractivity contribution in [2.75, 3.05) is 24.5 Å². The van der Waals surface area contributed by atoms with Crippen LogP contribution in [0.2, 0.25) is 0 Å². The highest BCUT2D eigenvalue weighted by molar-refractivity contribution is 5.38. The summed E-state index contributed by atoms with van der Waals surface area (Å²) in [6, 6.07) is 6.85. The molecule has 1 aromatic rings. The van der Waals surface area contributed by atoms with E-state index in [4.69, 9.17) is 0 Å². The van der Waals surface area contributed by atoms with E-state index in [2.05, 4.69) is 41.2 Å². The summed E-state index contributed by atoms with van der Waals surface area (Å²) in [6.45, 7) is 8.01. The molecule has 1 fully saturated rings. The van der Waals surface area contributed by atoms with Gasteiger partial charge in [-0.3, -0.25) is 0 Å². The summed E-state index contributed by atoms with van der Waals surface area (Å²) in [4.78, 5) is 6.83. The lowest BCUT2D eigenvalue weighted by atomic mass is 10.0. The molecule has 0 aliphatic carbocycles. The predicted molar refractivity (Wildman–Crippen MR) is 81.5 cm³/mol. The second-order valence-electron chi connectivity index (χ2n) is 5.54. The molecule has 0 aromatic carbocycles. The van der Waals surface area contributed by atoms with Crippen molar-refractivity contribution in [3.63, 3.8) is 0 Å². The molecule has 0 spiro atoms. The van der Waals surface area contributed by atoms with Gasteiger partial charge in [0.15, 0.2) is 0 Å². The molecule has 1 aromatic heterocycles. The van der Waals surface area contributed by atoms with E-state index in [1.165, 1.54) is 32.2 Å². The maximum absolute atomic E-state index is 4.43. The van der Waals surface area contributed by atoms with Gasteiger partial charge in [-0.05, 0) is 37.4 Å². The molecule has 2 heterocycles. The zero-order valence-corrected chi connectivity index (χ0v) is 12.3. The standard InChI is InChI=1S/C16H27N3/c1-3-14(4-2)13-18-15-8-11-19(12-9-15)16-7-5-6-10-17-16/h5-7,10,14-15,18H,3-4,8-9,11-13H2,1-2H3. The second-order valence-corrected chi connectivity index (χ2v) is 5.54. The number of hydrogen-bond acceptors (Lipinski definition) is 3. The Bertz CT molecular complexity index is 340. The van der Waals surface area contributed by atoms with E-state index in [-0.39, 0.29) is 0 Å². The molecule has 0 radical (unpaired) electrons. The van der Waals surface area contributed by atoms with Crippen molar-refractivity contribution in [2.45, 2.75) is 45.6 Å². The third-order valence-corrected chi connectivity index (χ3v) is 4.32.